The summed E-state index contributed by atoms with van der Waals surface area (Å²) in [6.07, 6.45) is 9.05. The van der Waals surface area contributed by atoms with E-state index in [1.807, 2.05) is 29.3 Å². The van der Waals surface area contributed by atoms with E-state index in [0.29, 0.717) is 25.0 Å². The summed E-state index contributed by atoms with van der Waals surface area (Å²) in [7, 11) is 0. The molecule has 6 nitrogen and oxygen atoms in total. The third kappa shape index (κ3) is 3.20. The Labute approximate surface area is 164 Å². The van der Waals surface area contributed by atoms with Gasteiger partial charge in [0.25, 0.3) is 0 Å². The molecule has 6 heteroatoms. The number of pyridine rings is 1. The fourth-order valence-corrected chi connectivity index (χ4v) is 4.51. The first kappa shape index (κ1) is 17.1. The zero-order valence-corrected chi connectivity index (χ0v) is 15.7. The van der Waals surface area contributed by atoms with E-state index in [-0.39, 0.29) is 5.91 Å². The zero-order chi connectivity index (χ0) is 18.9. The predicted molar refractivity (Wildman–Crippen MR) is 106 cm³/mol. The molecule has 28 heavy (non-hydrogen) atoms. The molecule has 3 aromatic rings. The molecule has 2 fully saturated rings. The van der Waals surface area contributed by atoms with Crippen LogP contribution in [0.1, 0.15) is 24.0 Å². The maximum atomic E-state index is 12.7. The van der Waals surface area contributed by atoms with Crippen molar-refractivity contribution >= 4 is 5.91 Å². The Morgan fingerprint density at radius 3 is 2.46 bits per heavy atom. The molecule has 4 heterocycles. The van der Waals surface area contributed by atoms with Crippen molar-refractivity contribution in [2.24, 2.45) is 0 Å². The van der Waals surface area contributed by atoms with Crippen molar-refractivity contribution in [3.05, 3.63) is 78.4 Å². The minimum Gasteiger partial charge on any atom is -0.334 e. The molecule has 0 radical (unpaired) electrons. The van der Waals surface area contributed by atoms with Gasteiger partial charge in [0, 0.05) is 62.9 Å². The topological polar surface area (TPSA) is 54.3 Å². The summed E-state index contributed by atoms with van der Waals surface area (Å²) >= 11 is 0. The molecule has 0 aliphatic carbocycles. The summed E-state index contributed by atoms with van der Waals surface area (Å²) in [5, 5.41) is 4.26. The van der Waals surface area contributed by atoms with Gasteiger partial charge in [-0.2, -0.15) is 5.10 Å². The van der Waals surface area contributed by atoms with Gasteiger partial charge >= 0.3 is 0 Å². The van der Waals surface area contributed by atoms with Gasteiger partial charge in [-0.1, -0.05) is 12.1 Å². The van der Waals surface area contributed by atoms with Gasteiger partial charge in [0.05, 0.1) is 5.69 Å². The summed E-state index contributed by atoms with van der Waals surface area (Å²) in [6, 6.07) is 15.0. The molecule has 1 aromatic carbocycles. The van der Waals surface area contributed by atoms with Crippen molar-refractivity contribution in [3.63, 3.8) is 0 Å². The second-order valence-electron chi connectivity index (χ2n) is 7.59. The molecule has 2 aliphatic rings. The van der Waals surface area contributed by atoms with Crippen molar-refractivity contribution in [2.75, 3.05) is 6.54 Å². The molecule has 1 amide bonds. The van der Waals surface area contributed by atoms with Gasteiger partial charge in [0.1, 0.15) is 0 Å². The Bertz CT molecular complexity index is 939. The molecule has 142 valence electrons. The average molecular weight is 373 g/mol. The molecule has 2 saturated heterocycles. The maximum absolute atomic E-state index is 12.7. The van der Waals surface area contributed by atoms with Gasteiger partial charge in [-0.3, -0.25) is 14.7 Å². The molecule has 0 saturated carbocycles. The number of likely N-dealkylation sites (tertiary alicyclic amines) is 2. The molecular weight excluding hydrogens is 350 g/mol. The van der Waals surface area contributed by atoms with Gasteiger partial charge in [0.15, 0.2) is 0 Å². The first-order valence-corrected chi connectivity index (χ1v) is 9.79. The fraction of sp³-hybridized carbons (Fsp3) is 0.318. The van der Waals surface area contributed by atoms with E-state index in [1.54, 1.807) is 6.20 Å². The van der Waals surface area contributed by atoms with Crippen molar-refractivity contribution in [1.82, 2.24) is 24.6 Å². The molecule has 0 N–H and O–H groups in total. The molecule has 2 aromatic heterocycles. The van der Waals surface area contributed by atoms with E-state index < -0.39 is 0 Å². The number of amides is 1. The van der Waals surface area contributed by atoms with E-state index in [2.05, 4.69) is 56.3 Å². The highest BCUT2D eigenvalue weighted by atomic mass is 16.2. The number of hydrogen-bond donors (Lipinski definition) is 0. The lowest BCUT2D eigenvalue weighted by Crippen LogP contribution is -2.36. The van der Waals surface area contributed by atoms with Crippen LogP contribution in [0.25, 0.3) is 5.69 Å². The number of fused-ring (bicyclic) bond motifs is 1. The largest absolute Gasteiger partial charge is 0.334 e. The molecule has 0 bridgehead atoms. The zero-order valence-electron chi connectivity index (χ0n) is 15.7. The van der Waals surface area contributed by atoms with Crippen molar-refractivity contribution in [2.45, 2.75) is 38.0 Å². The predicted octanol–water partition coefficient (Wildman–Crippen LogP) is 2.64. The monoisotopic (exact) mass is 373 g/mol. The minimum absolute atomic E-state index is 0.269. The van der Waals surface area contributed by atoms with E-state index >= 15 is 0 Å². The third-order valence-electron chi connectivity index (χ3n) is 5.92. The van der Waals surface area contributed by atoms with E-state index in [0.717, 1.165) is 30.8 Å². The SMILES string of the molecule is O=C1C[C@H]2[C@H](CCN2Cc2ccncc2)N1Cc1ccc(-n2cccn2)cc1. The number of aromatic nitrogens is 3. The first-order chi connectivity index (χ1) is 13.8. The Morgan fingerprint density at radius 1 is 0.929 bits per heavy atom. The standard InChI is InChI=1S/C22H23N5O/c28-22-14-21-20(8-13-25(21)15-18-6-10-23-11-7-18)26(22)16-17-2-4-19(5-3-17)27-12-1-9-24-27/h1-7,9-12,20-21H,8,13-16H2/t20-,21-/m0/s1. The van der Waals surface area contributed by atoms with Crippen molar-refractivity contribution in [3.8, 4) is 5.69 Å². The average Bonchev–Trinajstić information content (AvgIpc) is 3.44. The van der Waals surface area contributed by atoms with Crippen LogP contribution in [0, 0.1) is 0 Å². The van der Waals surface area contributed by atoms with Crippen LogP contribution in [-0.2, 0) is 17.9 Å². The molecule has 2 atom stereocenters. The lowest BCUT2D eigenvalue weighted by Gasteiger charge is -2.25. The smallest absolute Gasteiger partial charge is 0.224 e. The number of rotatable bonds is 5. The molecule has 2 aliphatic heterocycles. The summed E-state index contributed by atoms with van der Waals surface area (Å²) in [4.78, 5) is 21.4. The lowest BCUT2D eigenvalue weighted by molar-refractivity contribution is -0.129. The van der Waals surface area contributed by atoms with E-state index in [1.165, 1.54) is 5.56 Å². The van der Waals surface area contributed by atoms with Crippen LogP contribution in [0.5, 0.6) is 0 Å². The summed E-state index contributed by atoms with van der Waals surface area (Å²) in [5.74, 6) is 0.269. The second kappa shape index (κ2) is 7.20. The van der Waals surface area contributed by atoms with Crippen molar-refractivity contribution < 1.29 is 4.79 Å². The van der Waals surface area contributed by atoms with Gasteiger partial charge in [-0.25, -0.2) is 4.68 Å². The van der Waals surface area contributed by atoms with Crippen LogP contribution >= 0.6 is 0 Å². The van der Waals surface area contributed by atoms with Crippen molar-refractivity contribution in [1.29, 1.82) is 0 Å². The second-order valence-corrected chi connectivity index (χ2v) is 7.59. The Balaban J connectivity index is 1.27. The van der Waals surface area contributed by atoms with Crippen LogP contribution in [0.2, 0.25) is 0 Å². The van der Waals surface area contributed by atoms with Gasteiger partial charge in [-0.05, 0) is 47.9 Å². The fourth-order valence-electron chi connectivity index (χ4n) is 4.51. The molecule has 0 spiro atoms. The molecular formula is C22H23N5O. The quantitative estimate of drug-likeness (QED) is 0.690. The normalized spacial score (nSPS) is 22.0. The maximum Gasteiger partial charge on any atom is 0.224 e. The molecule has 0 unspecified atom stereocenters. The third-order valence-corrected chi connectivity index (χ3v) is 5.92. The Hall–Kier alpha value is -2.99. The number of carbonyl (C=O) groups excluding carboxylic acids is 1. The van der Waals surface area contributed by atoms with Gasteiger partial charge in [-0.15, -0.1) is 0 Å². The first-order valence-electron chi connectivity index (χ1n) is 9.79. The van der Waals surface area contributed by atoms with Gasteiger partial charge < -0.3 is 4.90 Å². The number of hydrogen-bond acceptors (Lipinski definition) is 4. The lowest BCUT2D eigenvalue weighted by atomic mass is 10.1. The summed E-state index contributed by atoms with van der Waals surface area (Å²) in [5.41, 5.74) is 3.46. The number of carbonyl (C=O) groups is 1. The highest BCUT2D eigenvalue weighted by molar-refractivity contribution is 5.80. The van der Waals surface area contributed by atoms with Gasteiger partial charge in [0.2, 0.25) is 5.91 Å². The number of benzene rings is 1. The minimum atomic E-state index is 0.269. The van der Waals surface area contributed by atoms with E-state index in [9.17, 15) is 4.79 Å². The Kier molecular flexibility index (Phi) is 4.41. The Morgan fingerprint density at radius 2 is 1.71 bits per heavy atom. The van der Waals surface area contributed by atoms with Crippen LogP contribution in [0.15, 0.2) is 67.3 Å². The van der Waals surface area contributed by atoms with Crippen LogP contribution in [0.3, 0.4) is 0 Å². The van der Waals surface area contributed by atoms with Crippen LogP contribution < -0.4 is 0 Å². The molecule has 5 rings (SSSR count). The summed E-state index contributed by atoms with van der Waals surface area (Å²) in [6.45, 7) is 2.62. The highest BCUT2D eigenvalue weighted by Gasteiger charge is 2.46. The highest BCUT2D eigenvalue weighted by Crippen LogP contribution is 2.34. The van der Waals surface area contributed by atoms with Crippen LogP contribution in [0.4, 0.5) is 0 Å². The van der Waals surface area contributed by atoms with E-state index in [4.69, 9.17) is 0 Å². The number of nitrogens with zero attached hydrogens (tertiary/aromatic N) is 5. The summed E-state index contributed by atoms with van der Waals surface area (Å²) < 4.78 is 1.84. The van der Waals surface area contributed by atoms with Crippen LogP contribution in [-0.4, -0.2) is 49.1 Å².